The Morgan fingerprint density at radius 3 is 2.13 bits per heavy atom. The highest BCUT2D eigenvalue weighted by molar-refractivity contribution is 5.77. The van der Waals surface area contributed by atoms with E-state index in [9.17, 15) is 9.59 Å². The summed E-state index contributed by atoms with van der Waals surface area (Å²) in [5, 5.41) is 5.97. The Labute approximate surface area is 140 Å². The van der Waals surface area contributed by atoms with Crippen molar-refractivity contribution in [1.82, 2.24) is 10.6 Å². The molecule has 0 bridgehead atoms. The van der Waals surface area contributed by atoms with Crippen molar-refractivity contribution in [1.29, 1.82) is 0 Å². The average molecular weight is 326 g/mol. The third-order valence-corrected chi connectivity index (χ3v) is 4.68. The summed E-state index contributed by atoms with van der Waals surface area (Å²) in [6.07, 6.45) is 6.52. The fourth-order valence-electron chi connectivity index (χ4n) is 3.10. The summed E-state index contributed by atoms with van der Waals surface area (Å²) in [5.41, 5.74) is -0.913. The average Bonchev–Trinajstić information content (AvgIpc) is 2.94. The fourth-order valence-corrected chi connectivity index (χ4v) is 3.10. The Morgan fingerprint density at radius 2 is 1.65 bits per heavy atom. The molecule has 0 saturated heterocycles. The Bertz CT molecular complexity index is 392. The summed E-state index contributed by atoms with van der Waals surface area (Å²) < 4.78 is 5.27. The third kappa shape index (κ3) is 7.23. The minimum Gasteiger partial charge on any atom is -0.444 e. The van der Waals surface area contributed by atoms with Crippen LogP contribution in [-0.4, -0.2) is 29.7 Å². The van der Waals surface area contributed by atoms with Crippen molar-refractivity contribution in [3.05, 3.63) is 0 Å². The lowest BCUT2D eigenvalue weighted by Crippen LogP contribution is -2.55. The maximum atomic E-state index is 12.4. The van der Waals surface area contributed by atoms with Gasteiger partial charge in [-0.3, -0.25) is 4.79 Å². The molecule has 0 unspecified atom stereocenters. The summed E-state index contributed by atoms with van der Waals surface area (Å²) >= 11 is 0. The van der Waals surface area contributed by atoms with Crippen LogP contribution in [0.5, 0.6) is 0 Å². The zero-order chi connectivity index (χ0) is 17.5. The Balaban J connectivity index is 2.52. The van der Waals surface area contributed by atoms with E-state index in [-0.39, 0.29) is 5.91 Å². The lowest BCUT2D eigenvalue weighted by molar-refractivity contribution is -0.124. The van der Waals surface area contributed by atoms with E-state index in [0.717, 1.165) is 25.7 Å². The zero-order valence-corrected chi connectivity index (χ0v) is 15.5. The monoisotopic (exact) mass is 326 g/mol. The van der Waals surface area contributed by atoms with E-state index in [0.29, 0.717) is 18.9 Å². The highest BCUT2D eigenvalue weighted by Crippen LogP contribution is 2.28. The smallest absolute Gasteiger partial charge is 0.407 e. The van der Waals surface area contributed by atoms with Crippen molar-refractivity contribution in [2.45, 2.75) is 90.7 Å². The molecule has 1 saturated carbocycles. The minimum absolute atomic E-state index is 0.103. The summed E-state index contributed by atoms with van der Waals surface area (Å²) in [5.74, 6) is 0.631. The molecule has 5 nitrogen and oxygen atoms in total. The van der Waals surface area contributed by atoms with E-state index in [2.05, 4.69) is 10.6 Å². The van der Waals surface area contributed by atoms with Crippen molar-refractivity contribution in [3.63, 3.8) is 0 Å². The normalized spacial score (nSPS) is 16.2. The van der Waals surface area contributed by atoms with Crippen LogP contribution in [0.2, 0.25) is 0 Å². The highest BCUT2D eigenvalue weighted by atomic mass is 16.6. The summed E-state index contributed by atoms with van der Waals surface area (Å²) in [6, 6.07) is 0. The second-order valence-corrected chi connectivity index (χ2v) is 7.75. The van der Waals surface area contributed by atoms with Crippen LogP contribution >= 0.6 is 0 Å². The van der Waals surface area contributed by atoms with Gasteiger partial charge in [-0.1, -0.05) is 26.7 Å². The second kappa shape index (κ2) is 8.55. The zero-order valence-electron chi connectivity index (χ0n) is 15.5. The predicted molar refractivity (Wildman–Crippen MR) is 92.3 cm³/mol. The van der Waals surface area contributed by atoms with E-state index in [1.807, 2.05) is 34.6 Å². The van der Waals surface area contributed by atoms with Crippen LogP contribution in [0.3, 0.4) is 0 Å². The van der Waals surface area contributed by atoms with Gasteiger partial charge in [-0.2, -0.15) is 0 Å². The molecule has 2 N–H and O–H groups in total. The van der Waals surface area contributed by atoms with Crippen molar-refractivity contribution >= 4 is 12.0 Å². The van der Waals surface area contributed by atoms with Gasteiger partial charge in [0.1, 0.15) is 5.60 Å². The molecule has 5 heteroatoms. The number of rotatable bonds is 7. The largest absolute Gasteiger partial charge is 0.444 e. The molecule has 23 heavy (non-hydrogen) atoms. The summed E-state index contributed by atoms with van der Waals surface area (Å²) in [4.78, 5) is 24.2. The molecular weight excluding hydrogens is 292 g/mol. The topological polar surface area (TPSA) is 67.4 Å². The van der Waals surface area contributed by atoms with Gasteiger partial charge < -0.3 is 15.4 Å². The number of hydrogen-bond donors (Lipinski definition) is 2. The first-order valence-corrected chi connectivity index (χ1v) is 8.97. The van der Waals surface area contributed by atoms with Gasteiger partial charge in [-0.25, -0.2) is 4.79 Å². The molecule has 1 aliphatic carbocycles. The van der Waals surface area contributed by atoms with Gasteiger partial charge in [0.15, 0.2) is 0 Å². The quantitative estimate of drug-likeness (QED) is 0.748. The van der Waals surface area contributed by atoms with Crippen LogP contribution in [0.25, 0.3) is 0 Å². The molecule has 0 radical (unpaired) electrons. The molecule has 1 fully saturated rings. The van der Waals surface area contributed by atoms with Gasteiger partial charge in [0.05, 0.1) is 5.54 Å². The lowest BCUT2D eigenvalue weighted by Gasteiger charge is -2.34. The minimum atomic E-state index is -0.517. The van der Waals surface area contributed by atoms with Crippen LogP contribution in [-0.2, 0) is 9.53 Å². The first-order valence-electron chi connectivity index (χ1n) is 8.97. The fraction of sp³-hybridized carbons (Fsp3) is 0.889. The summed E-state index contributed by atoms with van der Waals surface area (Å²) in [7, 11) is 0. The van der Waals surface area contributed by atoms with Crippen molar-refractivity contribution in [2.75, 3.05) is 6.54 Å². The van der Waals surface area contributed by atoms with Crippen molar-refractivity contribution in [3.8, 4) is 0 Å². The van der Waals surface area contributed by atoms with E-state index in [1.54, 1.807) is 0 Å². The SMILES string of the molecule is CCC(CC)(CNC(=O)OC(C)(C)C)NC(=O)CC1CCCC1. The van der Waals surface area contributed by atoms with Crippen LogP contribution in [0, 0.1) is 5.92 Å². The Hall–Kier alpha value is -1.26. The third-order valence-electron chi connectivity index (χ3n) is 4.68. The maximum Gasteiger partial charge on any atom is 0.407 e. The van der Waals surface area contributed by atoms with Crippen LogP contribution < -0.4 is 10.6 Å². The maximum absolute atomic E-state index is 12.4. The van der Waals surface area contributed by atoms with E-state index in [4.69, 9.17) is 4.74 Å². The molecular formula is C18H34N2O3. The van der Waals surface area contributed by atoms with Gasteiger partial charge in [-0.05, 0) is 52.4 Å². The lowest BCUT2D eigenvalue weighted by atomic mass is 9.91. The predicted octanol–water partition coefficient (Wildman–Crippen LogP) is 3.77. The van der Waals surface area contributed by atoms with Gasteiger partial charge in [-0.15, -0.1) is 0 Å². The number of carbonyl (C=O) groups is 2. The molecule has 0 spiro atoms. The molecule has 1 rings (SSSR count). The molecule has 0 heterocycles. The first-order chi connectivity index (χ1) is 10.7. The molecule has 0 aromatic rings. The van der Waals surface area contributed by atoms with Crippen molar-refractivity contribution < 1.29 is 14.3 Å². The molecule has 0 aromatic heterocycles. The second-order valence-electron chi connectivity index (χ2n) is 7.75. The number of amides is 2. The van der Waals surface area contributed by atoms with Gasteiger partial charge in [0, 0.05) is 13.0 Å². The molecule has 134 valence electrons. The summed E-state index contributed by atoms with van der Waals surface area (Å²) in [6.45, 7) is 9.98. The van der Waals surface area contributed by atoms with Gasteiger partial charge >= 0.3 is 6.09 Å². The standard InChI is InChI=1S/C18H34N2O3/c1-6-18(7-2,13-19-16(22)23-17(3,4)5)20-15(21)12-14-10-8-9-11-14/h14H,6-13H2,1-5H3,(H,19,22)(H,20,21). The highest BCUT2D eigenvalue weighted by Gasteiger charge is 2.30. The number of carbonyl (C=O) groups excluding carboxylic acids is 2. The van der Waals surface area contributed by atoms with Crippen molar-refractivity contribution in [2.24, 2.45) is 5.92 Å². The Morgan fingerprint density at radius 1 is 1.09 bits per heavy atom. The van der Waals surface area contributed by atoms with E-state index < -0.39 is 17.2 Å². The number of hydrogen-bond acceptors (Lipinski definition) is 3. The molecule has 0 atom stereocenters. The van der Waals surface area contributed by atoms with Crippen LogP contribution in [0.15, 0.2) is 0 Å². The molecule has 1 aliphatic rings. The van der Waals surface area contributed by atoms with Crippen LogP contribution in [0.1, 0.15) is 79.6 Å². The molecule has 0 aliphatic heterocycles. The molecule has 2 amide bonds. The number of alkyl carbamates (subject to hydrolysis) is 1. The molecule has 0 aromatic carbocycles. The number of nitrogens with one attached hydrogen (secondary N) is 2. The first kappa shape index (κ1) is 19.8. The van der Waals surface area contributed by atoms with Gasteiger partial charge in [0.25, 0.3) is 0 Å². The van der Waals surface area contributed by atoms with E-state index in [1.165, 1.54) is 12.8 Å². The Kier molecular flexibility index (Phi) is 7.36. The van der Waals surface area contributed by atoms with E-state index >= 15 is 0 Å². The van der Waals surface area contributed by atoms with Gasteiger partial charge in [0.2, 0.25) is 5.91 Å². The van der Waals surface area contributed by atoms with Crippen LogP contribution in [0.4, 0.5) is 4.79 Å². The number of ether oxygens (including phenoxy) is 1.